The van der Waals surface area contributed by atoms with Gasteiger partial charge in [-0.1, -0.05) is 35.7 Å². The minimum absolute atomic E-state index is 0.00687. The molecule has 1 atom stereocenters. The molecule has 2 aromatic carbocycles. The topological polar surface area (TPSA) is 206 Å². The zero-order chi connectivity index (χ0) is 42.0. The largest absolute Gasteiger partial charge is 0.778 e. The monoisotopic (exact) mass is 838 g/mol. The van der Waals surface area contributed by atoms with Gasteiger partial charge in [-0.3, -0.25) is 39.0 Å². The number of carbonyl (C=O) groups is 5. The second-order valence-electron chi connectivity index (χ2n) is 13.8. The van der Waals surface area contributed by atoms with Crippen LogP contribution in [0.4, 0.5) is 15.8 Å². The van der Waals surface area contributed by atoms with Crippen LogP contribution in [0.1, 0.15) is 45.1 Å². The van der Waals surface area contributed by atoms with Crippen LogP contribution in [0, 0.1) is 23.6 Å². The number of halogens is 2. The fourth-order valence-electron chi connectivity index (χ4n) is 5.51. The van der Waals surface area contributed by atoms with Crippen molar-refractivity contribution in [3.8, 4) is 18.1 Å². The summed E-state index contributed by atoms with van der Waals surface area (Å²) in [7, 11) is -3.71. The number of hydrogen-bond acceptors (Lipinski definition) is 10. The van der Waals surface area contributed by atoms with Gasteiger partial charge in [0.15, 0.2) is 12.4 Å². The molecule has 6 rings (SSSR count). The van der Waals surface area contributed by atoms with Gasteiger partial charge in [0.25, 0.3) is 23.6 Å². The third-order valence-corrected chi connectivity index (χ3v) is 9.09. The number of carboxylic acid groups (broad SMARTS) is 1. The Morgan fingerprint density at radius 3 is 2.18 bits per heavy atom. The van der Waals surface area contributed by atoms with E-state index in [9.17, 15) is 37.8 Å². The normalized spacial score (nSPS) is 18.0. The third kappa shape index (κ3) is 12.6. The molecular weight excluding hydrogens is 794 g/mol. The van der Waals surface area contributed by atoms with Crippen molar-refractivity contribution in [1.29, 1.82) is 0 Å². The fourth-order valence-corrected chi connectivity index (χ4v) is 6.10. The molecule has 56 heavy (non-hydrogen) atoms. The van der Waals surface area contributed by atoms with E-state index in [-0.39, 0.29) is 42.1 Å². The highest BCUT2D eigenvalue weighted by Gasteiger charge is 2.42. The minimum Gasteiger partial charge on any atom is -0.778 e. The van der Waals surface area contributed by atoms with Crippen molar-refractivity contribution in [2.75, 3.05) is 61.2 Å². The van der Waals surface area contributed by atoms with Gasteiger partial charge in [0, 0.05) is 22.2 Å². The van der Waals surface area contributed by atoms with Crippen LogP contribution in [0.15, 0.2) is 47.5 Å². The van der Waals surface area contributed by atoms with Gasteiger partial charge in [-0.2, -0.15) is 0 Å². The Bertz CT molecular complexity index is 1920. The van der Waals surface area contributed by atoms with E-state index < -0.39 is 49.4 Å². The van der Waals surface area contributed by atoms with Gasteiger partial charge in [-0.15, -0.1) is 6.42 Å². The number of terminal acetylenes is 1. The third-order valence-electron chi connectivity index (χ3n) is 8.10. The van der Waals surface area contributed by atoms with Crippen molar-refractivity contribution >= 4 is 71.1 Å². The van der Waals surface area contributed by atoms with Crippen molar-refractivity contribution < 1.29 is 57.4 Å². The van der Waals surface area contributed by atoms with E-state index >= 15 is 0 Å². The van der Waals surface area contributed by atoms with E-state index in [1.807, 2.05) is 43.4 Å². The quantitative estimate of drug-likeness (QED) is 0.152. The number of rotatable bonds is 8. The SMILES string of the molecule is C#CCN1C(=O)COc2cc(F)c(N3C(=O)C4=C(CCCC4)C3=O)cc21.CC1(C)CON(Cc2ccccc2Cl)C1=O.C[S+](C)C.O=C(O)CNCP(=O)([O-])O. The number of carbonyl (C=O) groups excluding carboxylic acids is 4. The first-order valence-electron chi connectivity index (χ1n) is 17.1. The van der Waals surface area contributed by atoms with Crippen LogP contribution in [-0.4, -0.2) is 96.0 Å². The Balaban J connectivity index is 0.000000239. The van der Waals surface area contributed by atoms with Crippen molar-refractivity contribution in [2.45, 2.75) is 46.1 Å². The molecule has 3 heterocycles. The number of nitrogens with zero attached hydrogens (tertiary/aromatic N) is 3. The zero-order valence-corrected chi connectivity index (χ0v) is 34.1. The molecule has 2 aromatic rings. The average Bonchev–Trinajstić information content (AvgIpc) is 3.52. The number of fused-ring (bicyclic) bond motifs is 1. The average molecular weight is 839 g/mol. The fraction of sp³-hybridized carbons (Fsp3) is 0.432. The van der Waals surface area contributed by atoms with Crippen LogP contribution >= 0.6 is 19.2 Å². The molecule has 1 saturated heterocycles. The molecule has 3 N–H and O–H groups in total. The zero-order valence-electron chi connectivity index (χ0n) is 31.6. The molecule has 0 spiro atoms. The van der Waals surface area contributed by atoms with Crippen molar-refractivity contribution in [1.82, 2.24) is 10.4 Å². The molecule has 15 nitrogen and oxygen atoms in total. The number of imide groups is 1. The number of hydroxylamine groups is 2. The Morgan fingerprint density at radius 1 is 1.09 bits per heavy atom. The van der Waals surface area contributed by atoms with Crippen molar-refractivity contribution in [3.63, 3.8) is 0 Å². The van der Waals surface area contributed by atoms with E-state index in [1.165, 1.54) is 16.0 Å². The number of nitrogens with one attached hydrogen (secondary N) is 1. The second-order valence-corrected chi connectivity index (χ2v) is 18.2. The van der Waals surface area contributed by atoms with Gasteiger partial charge >= 0.3 is 5.97 Å². The van der Waals surface area contributed by atoms with Gasteiger partial charge in [0.2, 0.25) is 0 Å². The van der Waals surface area contributed by atoms with Crippen LogP contribution in [0.5, 0.6) is 5.75 Å². The predicted molar refractivity (Wildman–Crippen MR) is 208 cm³/mol. The minimum atomic E-state index is -4.35. The van der Waals surface area contributed by atoms with E-state index in [1.54, 1.807) is 0 Å². The highest BCUT2D eigenvalue weighted by Crippen LogP contribution is 2.42. The van der Waals surface area contributed by atoms with Crippen LogP contribution in [0.3, 0.4) is 0 Å². The predicted octanol–water partition coefficient (Wildman–Crippen LogP) is 3.23. The maximum Gasteiger partial charge on any atom is 0.317 e. The number of hydrogen-bond donors (Lipinski definition) is 3. The molecule has 0 bridgehead atoms. The van der Waals surface area contributed by atoms with Crippen molar-refractivity contribution in [3.05, 3.63) is 63.9 Å². The molecule has 1 fully saturated rings. The molecule has 4 amide bonds. The highest BCUT2D eigenvalue weighted by molar-refractivity contribution is 7.94. The summed E-state index contributed by atoms with van der Waals surface area (Å²) in [6, 6.07) is 9.83. The standard InChI is InChI=1S/C19H15FN2O4.C12H14ClNO2.C3H8NO5P.C3H9S/c1-2-7-21-15-9-14(13(20)8-16(15)26-10-17(21)23)22-18(24)11-5-3-4-6-12(11)19(22)25;1-12(2)8-16-14(11(12)15)7-9-5-3-4-6-10(9)13;5-3(6)1-4-2-10(7,8)9;1-4(2)3/h1,8-9H,3-7,10H2;3-6H,7-8H2,1-2H3;4H,1-2H2,(H,5,6)(H2,7,8,9);1-3H3/q;;;+1/p-1. The summed E-state index contributed by atoms with van der Waals surface area (Å²) in [6.07, 6.45) is 13.9. The smallest absolute Gasteiger partial charge is 0.317 e. The number of anilines is 2. The highest BCUT2D eigenvalue weighted by atomic mass is 35.5. The first-order valence-corrected chi connectivity index (χ1v) is 21.7. The summed E-state index contributed by atoms with van der Waals surface area (Å²) in [6.45, 7) is 3.84. The lowest BCUT2D eigenvalue weighted by Gasteiger charge is -2.29. The van der Waals surface area contributed by atoms with Crippen molar-refractivity contribution in [2.24, 2.45) is 5.41 Å². The van der Waals surface area contributed by atoms with E-state index in [0.29, 0.717) is 53.1 Å². The summed E-state index contributed by atoms with van der Waals surface area (Å²) in [5, 5.41) is 12.0. The number of benzene rings is 2. The van der Waals surface area contributed by atoms with Crippen LogP contribution in [0.25, 0.3) is 0 Å². The van der Waals surface area contributed by atoms with Crippen LogP contribution < -0.4 is 24.7 Å². The number of amides is 4. The maximum atomic E-state index is 14.7. The molecule has 1 aliphatic carbocycles. The lowest BCUT2D eigenvalue weighted by Crippen LogP contribution is -2.39. The molecule has 19 heteroatoms. The lowest BCUT2D eigenvalue weighted by molar-refractivity contribution is -0.193. The molecular formula is C37H45ClFN4O11PS. The second kappa shape index (κ2) is 20.2. The van der Waals surface area contributed by atoms with Crippen LogP contribution in [-0.2, 0) is 50.8 Å². The molecule has 0 radical (unpaired) electrons. The van der Waals surface area contributed by atoms with Gasteiger partial charge in [-0.25, -0.2) is 14.4 Å². The molecule has 4 aliphatic rings. The first kappa shape index (κ1) is 46.1. The summed E-state index contributed by atoms with van der Waals surface area (Å²) in [4.78, 5) is 84.6. The summed E-state index contributed by atoms with van der Waals surface area (Å²) < 4.78 is 29.9. The summed E-state index contributed by atoms with van der Waals surface area (Å²) >= 11 is 6.03. The lowest BCUT2D eigenvalue weighted by atomic mass is 9.93. The van der Waals surface area contributed by atoms with E-state index in [0.717, 1.165) is 29.4 Å². The van der Waals surface area contributed by atoms with Crippen LogP contribution in [0.2, 0.25) is 5.02 Å². The van der Waals surface area contributed by atoms with Gasteiger partial charge < -0.3 is 24.2 Å². The number of aliphatic carboxylic acids is 1. The number of carboxylic acids is 1. The molecule has 304 valence electrons. The van der Waals surface area contributed by atoms with Gasteiger partial charge in [0.05, 0.1) is 68.1 Å². The Hall–Kier alpha value is -4.27. The molecule has 0 saturated carbocycles. The Morgan fingerprint density at radius 2 is 1.68 bits per heavy atom. The summed E-state index contributed by atoms with van der Waals surface area (Å²) in [5.74, 6) is -0.760. The van der Waals surface area contributed by atoms with Gasteiger partial charge in [-0.05, 0) is 68.1 Å². The van der Waals surface area contributed by atoms with E-state index in [4.69, 9.17) is 37.6 Å². The number of ether oxygens (including phenoxy) is 1. The molecule has 0 aromatic heterocycles. The Kier molecular flexibility index (Phi) is 16.7. The van der Waals surface area contributed by atoms with Gasteiger partial charge in [0.1, 0.15) is 13.3 Å². The van der Waals surface area contributed by atoms with E-state index in [2.05, 4.69) is 24.7 Å². The summed E-state index contributed by atoms with van der Waals surface area (Å²) in [5.41, 5.74) is 1.46. The molecule has 1 unspecified atom stereocenters. The Labute approximate surface area is 332 Å². The molecule has 3 aliphatic heterocycles. The maximum absolute atomic E-state index is 14.7. The first-order chi connectivity index (χ1) is 26.2.